The van der Waals surface area contributed by atoms with E-state index < -0.39 is 0 Å². The van der Waals surface area contributed by atoms with E-state index in [-0.39, 0.29) is 5.28 Å². The maximum absolute atomic E-state index is 5.92. The van der Waals surface area contributed by atoms with E-state index in [1.54, 1.807) is 7.11 Å². The minimum Gasteiger partial charge on any atom is -0.497 e. The highest BCUT2D eigenvalue weighted by Gasteiger charge is 2.19. The molecule has 0 saturated carbocycles. The number of ether oxygens (including phenoxy) is 1. The van der Waals surface area contributed by atoms with Crippen molar-refractivity contribution >= 4 is 23.1 Å². The van der Waals surface area contributed by atoms with Crippen molar-refractivity contribution in [2.24, 2.45) is 0 Å². The van der Waals surface area contributed by atoms with Gasteiger partial charge in [-0.25, -0.2) is 4.98 Å². The zero-order chi connectivity index (χ0) is 12.5. The smallest absolute Gasteiger partial charge is 0.225 e. The van der Waals surface area contributed by atoms with E-state index in [1.165, 1.54) is 0 Å². The van der Waals surface area contributed by atoms with E-state index in [1.807, 2.05) is 24.3 Å². The summed E-state index contributed by atoms with van der Waals surface area (Å²) in [5.41, 5.74) is 2.63. The highest BCUT2D eigenvalue weighted by Crippen LogP contribution is 2.35. The molecule has 92 valence electrons. The maximum Gasteiger partial charge on any atom is 0.225 e. The average molecular weight is 263 g/mol. The minimum atomic E-state index is 0.232. The lowest BCUT2D eigenvalue weighted by Crippen LogP contribution is -1.99. The Kier molecular flexibility index (Phi) is 2.68. The van der Waals surface area contributed by atoms with Gasteiger partial charge in [0.25, 0.3) is 0 Å². The number of hydrogen-bond acceptors (Lipinski definition) is 5. The summed E-state index contributed by atoms with van der Waals surface area (Å²) in [6.45, 7) is 0.632. The predicted molar refractivity (Wildman–Crippen MR) is 71.1 cm³/mol. The van der Waals surface area contributed by atoms with Crippen molar-refractivity contribution in [2.75, 3.05) is 24.4 Å². The molecule has 18 heavy (non-hydrogen) atoms. The number of methoxy groups -OCH3 is 1. The third-order valence-electron chi connectivity index (χ3n) is 2.77. The first kappa shape index (κ1) is 11.1. The van der Waals surface area contributed by atoms with Crippen LogP contribution in [0.5, 0.6) is 5.75 Å². The molecule has 0 aliphatic carbocycles. The molecule has 1 aromatic carbocycles. The monoisotopic (exact) mass is 262 g/mol. The average Bonchev–Trinajstić information content (AvgIpc) is 2.86. The predicted octanol–water partition coefficient (Wildman–Crippen LogP) is 2.60. The first-order chi connectivity index (χ1) is 8.78. The Hall–Kier alpha value is -2.01. The molecule has 0 spiro atoms. The van der Waals surface area contributed by atoms with E-state index in [0.717, 1.165) is 28.5 Å². The fourth-order valence-electron chi connectivity index (χ4n) is 1.90. The van der Waals surface area contributed by atoms with Gasteiger partial charge in [-0.3, -0.25) is 0 Å². The molecule has 3 rings (SSSR count). The zero-order valence-electron chi connectivity index (χ0n) is 9.70. The lowest BCUT2D eigenvalue weighted by molar-refractivity contribution is 0.415. The number of halogens is 1. The van der Waals surface area contributed by atoms with Gasteiger partial charge in [-0.05, 0) is 35.9 Å². The van der Waals surface area contributed by atoms with Gasteiger partial charge in [0.1, 0.15) is 17.1 Å². The molecule has 0 atom stereocenters. The van der Waals surface area contributed by atoms with Gasteiger partial charge in [0.05, 0.1) is 13.8 Å². The number of benzene rings is 1. The Labute approximate surface area is 109 Å². The lowest BCUT2D eigenvalue weighted by atomic mass is 10.1. The van der Waals surface area contributed by atoms with Crippen LogP contribution in [0.4, 0.5) is 11.5 Å². The first-order valence-corrected chi connectivity index (χ1v) is 5.85. The van der Waals surface area contributed by atoms with Crippen molar-refractivity contribution in [1.82, 2.24) is 9.97 Å². The van der Waals surface area contributed by atoms with Crippen molar-refractivity contribution in [3.63, 3.8) is 0 Å². The Bertz CT molecular complexity index is 585. The van der Waals surface area contributed by atoms with Crippen molar-refractivity contribution < 1.29 is 4.74 Å². The molecule has 6 heteroatoms. The summed E-state index contributed by atoms with van der Waals surface area (Å²) in [4.78, 5) is 8.41. The molecule has 1 aliphatic heterocycles. The van der Waals surface area contributed by atoms with Gasteiger partial charge in [-0.1, -0.05) is 0 Å². The van der Waals surface area contributed by atoms with E-state index >= 15 is 0 Å². The molecule has 2 heterocycles. The summed E-state index contributed by atoms with van der Waals surface area (Å²) in [6.07, 6.45) is 0. The number of fused-ring (bicyclic) bond motifs is 1. The Morgan fingerprint density at radius 1 is 1.17 bits per heavy atom. The molecular formula is C12H11ClN4O. The van der Waals surface area contributed by atoms with Gasteiger partial charge < -0.3 is 15.4 Å². The summed E-state index contributed by atoms with van der Waals surface area (Å²) in [5.74, 6) is 1.54. The Morgan fingerprint density at radius 3 is 2.67 bits per heavy atom. The van der Waals surface area contributed by atoms with Crippen molar-refractivity contribution in [3.8, 4) is 17.0 Å². The van der Waals surface area contributed by atoms with Crippen LogP contribution in [0.3, 0.4) is 0 Å². The van der Waals surface area contributed by atoms with Crippen molar-refractivity contribution in [3.05, 3.63) is 29.5 Å². The molecule has 2 N–H and O–H groups in total. The zero-order valence-corrected chi connectivity index (χ0v) is 10.5. The van der Waals surface area contributed by atoms with E-state index in [2.05, 4.69) is 20.6 Å². The van der Waals surface area contributed by atoms with Gasteiger partial charge >= 0.3 is 0 Å². The highest BCUT2D eigenvalue weighted by atomic mass is 35.5. The summed E-state index contributed by atoms with van der Waals surface area (Å²) in [7, 11) is 1.64. The summed E-state index contributed by atoms with van der Waals surface area (Å²) in [6, 6.07) is 7.66. The lowest BCUT2D eigenvalue weighted by Gasteiger charge is -2.08. The number of aromatic nitrogens is 2. The molecule has 1 aromatic heterocycles. The van der Waals surface area contributed by atoms with Crippen LogP contribution in [-0.2, 0) is 0 Å². The molecule has 0 amide bonds. The summed E-state index contributed by atoms with van der Waals surface area (Å²) >= 11 is 5.92. The fraction of sp³-hybridized carbons (Fsp3) is 0.167. The van der Waals surface area contributed by atoms with Gasteiger partial charge in [-0.15, -0.1) is 0 Å². The quantitative estimate of drug-likeness (QED) is 0.815. The third-order valence-corrected chi connectivity index (χ3v) is 2.94. The van der Waals surface area contributed by atoms with Crippen LogP contribution in [0.2, 0.25) is 5.28 Å². The normalized spacial score (nSPS) is 12.6. The molecule has 0 radical (unpaired) electrons. The molecule has 0 saturated heterocycles. The van der Waals surface area contributed by atoms with Crippen molar-refractivity contribution in [1.29, 1.82) is 0 Å². The third kappa shape index (κ3) is 1.82. The molecule has 5 nitrogen and oxygen atoms in total. The van der Waals surface area contributed by atoms with Gasteiger partial charge in [0.2, 0.25) is 5.28 Å². The number of rotatable bonds is 2. The largest absolute Gasteiger partial charge is 0.497 e. The van der Waals surface area contributed by atoms with Gasteiger partial charge in [0.15, 0.2) is 5.82 Å². The van der Waals surface area contributed by atoms with Gasteiger partial charge in [-0.2, -0.15) is 4.98 Å². The number of anilines is 2. The van der Waals surface area contributed by atoms with Crippen LogP contribution in [0.25, 0.3) is 11.3 Å². The number of hydrogen-bond donors (Lipinski definition) is 2. The minimum absolute atomic E-state index is 0.232. The molecule has 2 aromatic rings. The van der Waals surface area contributed by atoms with E-state index in [4.69, 9.17) is 16.3 Å². The molecule has 0 bridgehead atoms. The fourth-order valence-corrected chi connectivity index (χ4v) is 2.07. The van der Waals surface area contributed by atoms with Crippen LogP contribution < -0.4 is 15.4 Å². The number of nitrogens with zero attached hydrogens (tertiary/aromatic N) is 2. The molecule has 0 unspecified atom stereocenters. The Balaban J connectivity index is 2.10. The van der Waals surface area contributed by atoms with Crippen LogP contribution in [-0.4, -0.2) is 23.7 Å². The standard InChI is InChI=1S/C12H11ClN4O/c1-18-8-4-2-7(3-5-8)9-10-11(15-6-14-10)17-12(13)16-9/h2-5,14H,6H2,1H3,(H,15,16,17). The van der Waals surface area contributed by atoms with Gasteiger partial charge in [0, 0.05) is 5.56 Å². The second kappa shape index (κ2) is 4.34. The topological polar surface area (TPSA) is 59.1 Å². The number of nitrogens with one attached hydrogen (secondary N) is 2. The van der Waals surface area contributed by atoms with Crippen molar-refractivity contribution in [2.45, 2.75) is 0 Å². The maximum atomic E-state index is 5.92. The second-order valence-electron chi connectivity index (χ2n) is 3.82. The SMILES string of the molecule is COc1ccc(-c2nc(Cl)nc3c2NCN3)cc1. The summed E-state index contributed by atoms with van der Waals surface area (Å²) in [5, 5.41) is 6.53. The molecule has 0 fully saturated rings. The van der Waals surface area contributed by atoms with Crippen LogP contribution in [0, 0.1) is 0 Å². The second-order valence-corrected chi connectivity index (χ2v) is 4.16. The highest BCUT2D eigenvalue weighted by molar-refractivity contribution is 6.28. The Morgan fingerprint density at radius 2 is 1.94 bits per heavy atom. The van der Waals surface area contributed by atoms with Crippen LogP contribution in [0.15, 0.2) is 24.3 Å². The summed E-state index contributed by atoms with van der Waals surface area (Å²) < 4.78 is 5.13. The first-order valence-electron chi connectivity index (χ1n) is 5.47. The van der Waals surface area contributed by atoms with Crippen LogP contribution in [0.1, 0.15) is 0 Å². The molecule has 1 aliphatic rings. The van der Waals surface area contributed by atoms with E-state index in [0.29, 0.717) is 6.67 Å². The molecular weight excluding hydrogens is 252 g/mol. The van der Waals surface area contributed by atoms with Crippen LogP contribution >= 0.6 is 11.6 Å². The van der Waals surface area contributed by atoms with E-state index in [9.17, 15) is 0 Å².